The van der Waals surface area contributed by atoms with Crippen molar-refractivity contribution in [3.05, 3.63) is 75.4 Å². The summed E-state index contributed by atoms with van der Waals surface area (Å²) in [6.45, 7) is 0.221. The number of nitrogens with one attached hydrogen (secondary N) is 1. The van der Waals surface area contributed by atoms with Gasteiger partial charge in [0.25, 0.3) is 0 Å². The van der Waals surface area contributed by atoms with E-state index in [1.54, 1.807) is 12.1 Å². The zero-order valence-corrected chi connectivity index (χ0v) is 13.4. The predicted molar refractivity (Wildman–Crippen MR) is 87.9 cm³/mol. The summed E-state index contributed by atoms with van der Waals surface area (Å²) in [6.07, 6.45) is 2.70. The highest BCUT2D eigenvalue weighted by atomic mass is 79.9. The Balaban J connectivity index is 1.80. The molecule has 0 unspecified atom stereocenters. The van der Waals surface area contributed by atoms with Crippen molar-refractivity contribution in [3.8, 4) is 0 Å². The smallest absolute Gasteiger partial charge is 0.411 e. The molecular weight excluding hydrogens is 354 g/mol. The van der Waals surface area contributed by atoms with E-state index in [-0.39, 0.29) is 6.61 Å². The Bertz CT molecular complexity index is 641. The third-order valence-electron chi connectivity index (χ3n) is 2.65. The molecule has 1 N–H and O–H groups in total. The fourth-order valence-corrected chi connectivity index (χ4v) is 2.04. The van der Waals surface area contributed by atoms with Crippen LogP contribution in [0.15, 0.2) is 59.2 Å². The third-order valence-corrected chi connectivity index (χ3v) is 3.53. The van der Waals surface area contributed by atoms with Gasteiger partial charge >= 0.3 is 6.09 Å². The average molecular weight is 367 g/mol. The van der Waals surface area contributed by atoms with Gasteiger partial charge in [0, 0.05) is 15.7 Å². The summed E-state index contributed by atoms with van der Waals surface area (Å²) in [7, 11) is 0. The Labute approximate surface area is 136 Å². The van der Waals surface area contributed by atoms with E-state index in [1.807, 2.05) is 42.5 Å². The first-order chi connectivity index (χ1) is 10.1. The molecule has 0 spiro atoms. The second-order valence-electron chi connectivity index (χ2n) is 4.20. The number of alkyl carbamates (subject to hydrolysis) is 1. The largest absolute Gasteiger partial charge is 0.444 e. The van der Waals surface area contributed by atoms with Gasteiger partial charge < -0.3 is 4.74 Å². The predicted octanol–water partition coefficient (Wildman–Crippen LogP) is 5.00. The van der Waals surface area contributed by atoms with Gasteiger partial charge in [-0.05, 0) is 35.4 Å². The lowest BCUT2D eigenvalue weighted by molar-refractivity contribution is 0.143. The van der Waals surface area contributed by atoms with E-state index in [0.717, 1.165) is 15.6 Å². The molecule has 21 heavy (non-hydrogen) atoms. The first kappa shape index (κ1) is 15.6. The van der Waals surface area contributed by atoms with E-state index in [4.69, 9.17) is 16.3 Å². The summed E-state index contributed by atoms with van der Waals surface area (Å²) in [5.74, 6) is 0. The van der Waals surface area contributed by atoms with Gasteiger partial charge in [-0.15, -0.1) is 0 Å². The van der Waals surface area contributed by atoms with Crippen LogP contribution in [0.5, 0.6) is 0 Å². The fourth-order valence-electron chi connectivity index (χ4n) is 1.58. The minimum Gasteiger partial charge on any atom is -0.444 e. The third kappa shape index (κ3) is 5.25. The summed E-state index contributed by atoms with van der Waals surface area (Å²) in [6, 6.07) is 14.9. The number of hydrogen-bond donors (Lipinski definition) is 1. The summed E-state index contributed by atoms with van der Waals surface area (Å²) in [5.41, 5.74) is 1.75. The monoisotopic (exact) mass is 365 g/mol. The molecule has 2 rings (SSSR count). The van der Waals surface area contributed by atoms with E-state index in [1.165, 1.54) is 6.20 Å². The zero-order chi connectivity index (χ0) is 15.1. The molecule has 5 heteroatoms. The van der Waals surface area contributed by atoms with Gasteiger partial charge in [0.15, 0.2) is 0 Å². The maximum absolute atomic E-state index is 11.5. The van der Waals surface area contributed by atoms with Crippen LogP contribution in [0.25, 0.3) is 6.08 Å². The number of carbonyl (C=O) groups is 1. The summed E-state index contributed by atoms with van der Waals surface area (Å²) < 4.78 is 6.07. The average Bonchev–Trinajstić information content (AvgIpc) is 2.49. The molecular formula is C16H13BrClNO2. The zero-order valence-electron chi connectivity index (χ0n) is 11.1. The second-order valence-corrected chi connectivity index (χ2v) is 5.52. The summed E-state index contributed by atoms with van der Waals surface area (Å²) in [5, 5.41) is 3.15. The van der Waals surface area contributed by atoms with Gasteiger partial charge in [-0.3, -0.25) is 5.32 Å². The van der Waals surface area contributed by atoms with Crippen LogP contribution in [0.3, 0.4) is 0 Å². The highest BCUT2D eigenvalue weighted by Gasteiger charge is 2.00. The number of carbonyl (C=O) groups excluding carboxylic acids is 1. The first-order valence-electron chi connectivity index (χ1n) is 6.24. The lowest BCUT2D eigenvalue weighted by Gasteiger charge is -2.04. The number of hydrogen-bond acceptors (Lipinski definition) is 2. The van der Waals surface area contributed by atoms with Crippen molar-refractivity contribution in [2.45, 2.75) is 6.61 Å². The van der Waals surface area contributed by atoms with Crippen LogP contribution < -0.4 is 5.32 Å². The van der Waals surface area contributed by atoms with E-state index in [0.29, 0.717) is 5.02 Å². The van der Waals surface area contributed by atoms with E-state index in [2.05, 4.69) is 21.2 Å². The molecule has 2 aromatic rings. The van der Waals surface area contributed by atoms with E-state index < -0.39 is 6.09 Å². The molecule has 1 amide bonds. The van der Waals surface area contributed by atoms with Gasteiger partial charge in [0.1, 0.15) is 6.61 Å². The summed E-state index contributed by atoms with van der Waals surface area (Å²) in [4.78, 5) is 11.5. The molecule has 3 nitrogen and oxygen atoms in total. The minimum atomic E-state index is -0.513. The van der Waals surface area contributed by atoms with Crippen molar-refractivity contribution in [2.24, 2.45) is 0 Å². The van der Waals surface area contributed by atoms with Crippen molar-refractivity contribution >= 4 is 39.7 Å². The lowest BCUT2D eigenvalue weighted by Crippen LogP contribution is -2.18. The molecule has 0 heterocycles. The second kappa shape index (κ2) is 7.86. The normalized spacial score (nSPS) is 10.6. The minimum absolute atomic E-state index is 0.221. The lowest BCUT2D eigenvalue weighted by atomic mass is 10.2. The SMILES string of the molecule is O=C(NC=Cc1ccccc1Cl)OCc1ccc(Br)cc1. The van der Waals surface area contributed by atoms with Crippen LogP contribution in [0.4, 0.5) is 4.79 Å². The van der Waals surface area contributed by atoms with Crippen molar-refractivity contribution in [1.82, 2.24) is 5.32 Å². The van der Waals surface area contributed by atoms with E-state index >= 15 is 0 Å². The van der Waals surface area contributed by atoms with Crippen LogP contribution in [-0.4, -0.2) is 6.09 Å². The molecule has 0 aliphatic heterocycles. The topological polar surface area (TPSA) is 38.3 Å². The maximum Gasteiger partial charge on any atom is 0.411 e. The van der Waals surface area contributed by atoms with Gasteiger partial charge in [0.05, 0.1) is 0 Å². The van der Waals surface area contributed by atoms with Crippen LogP contribution in [0.2, 0.25) is 5.02 Å². The first-order valence-corrected chi connectivity index (χ1v) is 7.41. The molecule has 0 aromatic heterocycles. The number of halogens is 2. The van der Waals surface area contributed by atoms with Gasteiger partial charge in [-0.2, -0.15) is 0 Å². The standard InChI is InChI=1S/C16H13BrClNO2/c17-14-7-5-12(6-8-14)11-21-16(20)19-10-9-13-3-1-2-4-15(13)18/h1-10H,11H2,(H,19,20). The number of benzene rings is 2. The summed E-state index contributed by atoms with van der Waals surface area (Å²) >= 11 is 9.34. The molecule has 0 aliphatic carbocycles. The van der Waals surface area contributed by atoms with Gasteiger partial charge in [-0.25, -0.2) is 4.79 Å². The molecule has 0 saturated carbocycles. The number of rotatable bonds is 4. The van der Waals surface area contributed by atoms with Gasteiger partial charge in [-0.1, -0.05) is 57.9 Å². The number of amides is 1. The van der Waals surface area contributed by atoms with Crippen LogP contribution >= 0.6 is 27.5 Å². The molecule has 0 radical (unpaired) electrons. The molecule has 0 fully saturated rings. The van der Waals surface area contributed by atoms with Crippen molar-refractivity contribution in [3.63, 3.8) is 0 Å². The van der Waals surface area contributed by atoms with Gasteiger partial charge in [0.2, 0.25) is 0 Å². The maximum atomic E-state index is 11.5. The molecule has 2 aromatic carbocycles. The Morgan fingerprint density at radius 3 is 2.62 bits per heavy atom. The van der Waals surface area contributed by atoms with Crippen LogP contribution in [0.1, 0.15) is 11.1 Å². The van der Waals surface area contributed by atoms with Crippen molar-refractivity contribution < 1.29 is 9.53 Å². The number of ether oxygens (including phenoxy) is 1. The van der Waals surface area contributed by atoms with Crippen molar-refractivity contribution in [2.75, 3.05) is 0 Å². The molecule has 108 valence electrons. The van der Waals surface area contributed by atoms with Crippen LogP contribution in [0, 0.1) is 0 Å². The van der Waals surface area contributed by atoms with Crippen molar-refractivity contribution in [1.29, 1.82) is 0 Å². The Morgan fingerprint density at radius 2 is 1.90 bits per heavy atom. The van der Waals surface area contributed by atoms with E-state index in [9.17, 15) is 4.79 Å². The Morgan fingerprint density at radius 1 is 1.19 bits per heavy atom. The molecule has 0 atom stereocenters. The highest BCUT2D eigenvalue weighted by Crippen LogP contribution is 2.15. The molecule has 0 aliphatic rings. The Kier molecular flexibility index (Phi) is 5.84. The molecule has 0 bridgehead atoms. The Hall–Kier alpha value is -1.78. The van der Waals surface area contributed by atoms with Crippen LogP contribution in [-0.2, 0) is 11.3 Å². The fraction of sp³-hybridized carbons (Fsp3) is 0.0625. The molecule has 0 saturated heterocycles. The highest BCUT2D eigenvalue weighted by molar-refractivity contribution is 9.10. The quantitative estimate of drug-likeness (QED) is 0.827.